The van der Waals surface area contributed by atoms with Crippen molar-refractivity contribution >= 4 is 12.0 Å². The summed E-state index contributed by atoms with van der Waals surface area (Å²) in [6, 6.07) is 0. The molecule has 0 aromatic rings. The number of carbonyl (C=O) groups is 2. The van der Waals surface area contributed by atoms with E-state index in [1.54, 1.807) is 0 Å². The Balaban J connectivity index is 1.51. The minimum absolute atomic E-state index is 0.262. The van der Waals surface area contributed by atoms with Gasteiger partial charge in [-0.25, -0.2) is 4.79 Å². The summed E-state index contributed by atoms with van der Waals surface area (Å²) in [6.07, 6.45) is 4.62. The van der Waals surface area contributed by atoms with Crippen molar-refractivity contribution < 1.29 is 14.3 Å². The van der Waals surface area contributed by atoms with Gasteiger partial charge in [-0.05, 0) is 49.9 Å². The Hall–Kier alpha value is -1.96. The molecular weight excluding hydrogens is 298 g/mol. The Morgan fingerprint density at radius 2 is 1.96 bits per heavy atom. The molecule has 3 aliphatic rings. The molecule has 0 radical (unpaired) electrons. The van der Waals surface area contributed by atoms with Crippen molar-refractivity contribution in [3.63, 3.8) is 0 Å². The zero-order chi connectivity index (χ0) is 16.4. The number of nitrogens with one attached hydrogen (secondary N) is 2. The largest absolute Gasteiger partial charge is 0.449 e. The molecule has 2 unspecified atom stereocenters. The van der Waals surface area contributed by atoms with Crippen molar-refractivity contribution in [2.45, 2.75) is 38.5 Å². The number of rotatable bonds is 6. The number of amides is 2. The van der Waals surface area contributed by atoms with Crippen molar-refractivity contribution in [3.05, 3.63) is 11.4 Å². The van der Waals surface area contributed by atoms with E-state index in [1.165, 1.54) is 11.4 Å². The first-order valence-corrected chi connectivity index (χ1v) is 8.28. The molecule has 3 atom stereocenters. The van der Waals surface area contributed by atoms with Gasteiger partial charge in [0.1, 0.15) is 0 Å². The fourth-order valence-corrected chi connectivity index (χ4v) is 3.95. The van der Waals surface area contributed by atoms with E-state index in [4.69, 9.17) is 16.2 Å². The molecule has 6 N–H and O–H groups in total. The molecule has 0 bridgehead atoms. The highest BCUT2D eigenvalue weighted by molar-refractivity contribution is 5.73. The number of hydrogen-bond acceptors (Lipinski definition) is 6. The van der Waals surface area contributed by atoms with Crippen LogP contribution in [0.3, 0.4) is 0 Å². The van der Waals surface area contributed by atoms with Gasteiger partial charge < -0.3 is 21.6 Å². The first-order valence-electron chi connectivity index (χ1n) is 8.28. The van der Waals surface area contributed by atoms with E-state index >= 15 is 0 Å². The van der Waals surface area contributed by atoms with Crippen molar-refractivity contribution in [1.29, 1.82) is 0 Å². The van der Waals surface area contributed by atoms with E-state index < -0.39 is 6.09 Å². The maximum Gasteiger partial charge on any atom is 0.404 e. The molecule has 1 fully saturated rings. The molecule has 23 heavy (non-hydrogen) atoms. The minimum atomic E-state index is -0.684. The van der Waals surface area contributed by atoms with Crippen molar-refractivity contribution in [2.24, 2.45) is 29.2 Å². The highest BCUT2D eigenvalue weighted by Crippen LogP contribution is 2.54. The van der Waals surface area contributed by atoms with E-state index in [-0.39, 0.29) is 5.91 Å². The SMILES string of the molecule is NC(=O)CCCN1NNC2=C1CCC1C(CC2)[C@@H]1COC(N)=O. The quantitative estimate of drug-likeness (QED) is 0.558. The number of hydrazine groups is 2. The third kappa shape index (κ3) is 3.69. The number of primary amides is 2. The van der Waals surface area contributed by atoms with E-state index in [0.717, 1.165) is 38.6 Å². The van der Waals surface area contributed by atoms with Crippen LogP contribution < -0.4 is 22.4 Å². The number of ether oxygens (including phenoxy) is 1. The van der Waals surface area contributed by atoms with Crippen molar-refractivity contribution in [3.8, 4) is 0 Å². The smallest absolute Gasteiger partial charge is 0.404 e. The van der Waals surface area contributed by atoms with Crippen LogP contribution in [-0.2, 0) is 9.53 Å². The van der Waals surface area contributed by atoms with Gasteiger partial charge in [0, 0.05) is 18.7 Å². The molecule has 8 heteroatoms. The van der Waals surface area contributed by atoms with Gasteiger partial charge >= 0.3 is 6.09 Å². The van der Waals surface area contributed by atoms with Gasteiger partial charge in [0.2, 0.25) is 5.91 Å². The molecule has 128 valence electrons. The summed E-state index contributed by atoms with van der Waals surface area (Å²) in [5, 5.41) is 2.09. The summed E-state index contributed by atoms with van der Waals surface area (Å²) in [5.41, 5.74) is 19.2. The van der Waals surface area contributed by atoms with Crippen LogP contribution in [-0.4, -0.2) is 30.2 Å². The van der Waals surface area contributed by atoms with Gasteiger partial charge in [-0.2, -0.15) is 0 Å². The lowest BCUT2D eigenvalue weighted by Gasteiger charge is -2.21. The summed E-state index contributed by atoms with van der Waals surface area (Å²) in [6.45, 7) is 1.21. The standard InChI is InChI=1S/C15H25N5O3/c16-14(21)2-1-7-20-13-6-4-10-9(3-5-12(13)18-19-20)11(10)8-23-15(17)22/h9-11,18-19H,1-8H2,(H2,16,21)(H2,17,22)/t9?,10?,11-/m0/s1. The van der Waals surface area contributed by atoms with E-state index in [0.29, 0.717) is 30.8 Å². The molecule has 0 aromatic carbocycles. The predicted octanol–water partition coefficient (Wildman–Crippen LogP) is 0.320. The van der Waals surface area contributed by atoms with Crippen molar-refractivity contribution in [1.82, 2.24) is 16.0 Å². The first-order chi connectivity index (χ1) is 11.1. The summed E-state index contributed by atoms with van der Waals surface area (Å²) in [5.74, 6) is 1.45. The summed E-state index contributed by atoms with van der Waals surface area (Å²) < 4.78 is 4.97. The normalized spacial score (nSPS) is 29.0. The third-order valence-corrected chi connectivity index (χ3v) is 5.19. The zero-order valence-corrected chi connectivity index (χ0v) is 13.2. The number of fused-ring (bicyclic) bond motifs is 1. The van der Waals surface area contributed by atoms with Crippen molar-refractivity contribution in [2.75, 3.05) is 13.2 Å². The Bertz CT molecular complexity index is 521. The molecule has 1 aliphatic heterocycles. The molecule has 3 rings (SSSR count). The van der Waals surface area contributed by atoms with Crippen LogP contribution in [0.15, 0.2) is 11.4 Å². The number of hydrogen-bond donors (Lipinski definition) is 4. The van der Waals surface area contributed by atoms with Gasteiger partial charge in [0.05, 0.1) is 12.3 Å². The Morgan fingerprint density at radius 1 is 1.22 bits per heavy atom. The molecule has 2 amide bonds. The summed E-state index contributed by atoms with van der Waals surface area (Å²) >= 11 is 0. The van der Waals surface area contributed by atoms with Gasteiger partial charge in [-0.1, -0.05) is 0 Å². The van der Waals surface area contributed by atoms with Crippen LogP contribution in [0, 0.1) is 17.8 Å². The number of allylic oxidation sites excluding steroid dienone is 2. The lowest BCUT2D eigenvalue weighted by atomic mass is 10.0. The molecule has 1 saturated carbocycles. The highest BCUT2D eigenvalue weighted by atomic mass is 16.5. The predicted molar refractivity (Wildman–Crippen MR) is 82.9 cm³/mol. The Kier molecular flexibility index (Phi) is 4.61. The van der Waals surface area contributed by atoms with Crippen LogP contribution >= 0.6 is 0 Å². The van der Waals surface area contributed by atoms with Crippen LogP contribution in [0.5, 0.6) is 0 Å². The van der Waals surface area contributed by atoms with E-state index in [9.17, 15) is 9.59 Å². The maximum atomic E-state index is 10.9. The average molecular weight is 323 g/mol. The fraction of sp³-hybridized carbons (Fsp3) is 0.733. The molecule has 8 nitrogen and oxygen atoms in total. The van der Waals surface area contributed by atoms with Crippen LogP contribution in [0.2, 0.25) is 0 Å². The Morgan fingerprint density at radius 3 is 2.65 bits per heavy atom. The number of carbonyl (C=O) groups excluding carboxylic acids is 2. The lowest BCUT2D eigenvalue weighted by Crippen LogP contribution is -2.38. The first kappa shape index (κ1) is 15.9. The minimum Gasteiger partial charge on any atom is -0.449 e. The van der Waals surface area contributed by atoms with Crippen LogP contribution in [0.25, 0.3) is 0 Å². The monoisotopic (exact) mass is 323 g/mol. The molecule has 0 aromatic heterocycles. The second kappa shape index (κ2) is 6.66. The van der Waals surface area contributed by atoms with Crippen LogP contribution in [0.1, 0.15) is 38.5 Å². The topological polar surface area (TPSA) is 123 Å². The van der Waals surface area contributed by atoms with Gasteiger partial charge in [-0.15, -0.1) is 5.53 Å². The molecule has 2 aliphatic carbocycles. The van der Waals surface area contributed by atoms with Gasteiger partial charge in [0.15, 0.2) is 0 Å². The number of nitrogens with zero attached hydrogens (tertiary/aromatic N) is 1. The molecule has 1 heterocycles. The lowest BCUT2D eigenvalue weighted by molar-refractivity contribution is -0.118. The number of nitrogens with two attached hydrogens (primary N) is 2. The maximum absolute atomic E-state index is 10.9. The third-order valence-electron chi connectivity index (χ3n) is 5.19. The molecular formula is C15H25N5O3. The summed E-state index contributed by atoms with van der Waals surface area (Å²) in [4.78, 5) is 21.6. The van der Waals surface area contributed by atoms with E-state index in [2.05, 4.69) is 16.0 Å². The van der Waals surface area contributed by atoms with Gasteiger partial charge in [-0.3, -0.25) is 9.80 Å². The average Bonchev–Trinajstić information content (AvgIpc) is 2.98. The second-order valence-corrected chi connectivity index (χ2v) is 6.58. The van der Waals surface area contributed by atoms with Crippen LogP contribution in [0.4, 0.5) is 4.79 Å². The summed E-state index contributed by atoms with van der Waals surface area (Å²) in [7, 11) is 0. The molecule has 0 saturated heterocycles. The molecule has 0 spiro atoms. The fourth-order valence-electron chi connectivity index (χ4n) is 3.95. The second-order valence-electron chi connectivity index (χ2n) is 6.58. The Labute approximate surface area is 135 Å². The highest BCUT2D eigenvalue weighted by Gasteiger charge is 2.50. The zero-order valence-electron chi connectivity index (χ0n) is 13.2. The van der Waals surface area contributed by atoms with E-state index in [1.807, 2.05) is 0 Å². The van der Waals surface area contributed by atoms with Gasteiger partial charge in [0.25, 0.3) is 0 Å².